The number of ether oxygens (including phenoxy) is 2. The number of nitro groups is 1. The van der Waals surface area contributed by atoms with E-state index in [-0.39, 0.29) is 6.61 Å². The zero-order valence-electron chi connectivity index (χ0n) is 9.80. The molecule has 0 aromatic carbocycles. The number of hydrogen-bond donors (Lipinski definition) is 1. The monoisotopic (exact) mass is 296 g/mol. The number of aromatic hydroxyl groups is 1. The van der Waals surface area contributed by atoms with Gasteiger partial charge in [0, 0.05) is 0 Å². The van der Waals surface area contributed by atoms with Gasteiger partial charge in [-0.1, -0.05) is 0 Å². The highest BCUT2D eigenvalue weighted by Gasteiger charge is 2.40. The summed E-state index contributed by atoms with van der Waals surface area (Å²) in [6.45, 7) is 1.13. The SMILES string of the molecule is CCOC(=O)c1c(O)cnc([N+](=O)[O-])c1OC(F)(F)F. The van der Waals surface area contributed by atoms with Gasteiger partial charge in [-0.25, -0.2) is 4.79 Å². The Kier molecular flexibility index (Phi) is 4.32. The summed E-state index contributed by atoms with van der Waals surface area (Å²) in [5.74, 6) is -5.34. The molecule has 0 atom stereocenters. The molecule has 0 fully saturated rings. The minimum absolute atomic E-state index is 0.222. The van der Waals surface area contributed by atoms with Crippen LogP contribution in [0.25, 0.3) is 0 Å². The smallest absolute Gasteiger partial charge is 0.504 e. The van der Waals surface area contributed by atoms with Crippen LogP contribution in [-0.4, -0.2) is 34.0 Å². The summed E-state index contributed by atoms with van der Waals surface area (Å²) in [5, 5.41) is 20.0. The van der Waals surface area contributed by atoms with Gasteiger partial charge in [0.25, 0.3) is 0 Å². The van der Waals surface area contributed by atoms with Crippen LogP contribution in [0.2, 0.25) is 0 Å². The van der Waals surface area contributed by atoms with Gasteiger partial charge in [0.2, 0.25) is 5.75 Å². The molecule has 0 saturated heterocycles. The first-order valence-electron chi connectivity index (χ1n) is 4.96. The Hall–Kier alpha value is -2.59. The Morgan fingerprint density at radius 3 is 2.60 bits per heavy atom. The van der Waals surface area contributed by atoms with Crippen molar-refractivity contribution in [3.63, 3.8) is 0 Å². The van der Waals surface area contributed by atoms with E-state index >= 15 is 0 Å². The minimum atomic E-state index is -5.32. The zero-order chi connectivity index (χ0) is 15.5. The molecular formula is C9H7F3N2O6. The Labute approximate surface area is 108 Å². The molecule has 8 nitrogen and oxygen atoms in total. The average molecular weight is 296 g/mol. The summed E-state index contributed by atoms with van der Waals surface area (Å²) in [6, 6.07) is 0. The van der Waals surface area contributed by atoms with E-state index in [4.69, 9.17) is 0 Å². The molecule has 1 aromatic heterocycles. The molecule has 0 amide bonds. The van der Waals surface area contributed by atoms with Crippen LogP contribution >= 0.6 is 0 Å². The maximum Gasteiger partial charge on any atom is 0.573 e. The van der Waals surface area contributed by atoms with Crippen LogP contribution in [0.1, 0.15) is 17.3 Å². The molecule has 0 saturated carbocycles. The van der Waals surface area contributed by atoms with Crippen LogP contribution in [0.3, 0.4) is 0 Å². The van der Waals surface area contributed by atoms with Crippen molar-refractivity contribution >= 4 is 11.8 Å². The highest BCUT2D eigenvalue weighted by molar-refractivity contribution is 5.96. The lowest BCUT2D eigenvalue weighted by molar-refractivity contribution is -0.393. The van der Waals surface area contributed by atoms with E-state index < -0.39 is 40.1 Å². The number of alkyl halides is 3. The standard InChI is InChI=1S/C9H7F3N2O6/c1-2-19-8(16)5-4(15)3-13-7(14(17)18)6(5)20-9(10,11)12/h3,15H,2H2,1H3. The molecule has 0 spiro atoms. The number of hydrogen-bond acceptors (Lipinski definition) is 7. The molecule has 110 valence electrons. The number of carbonyl (C=O) groups excluding carboxylic acids is 1. The fourth-order valence-corrected chi connectivity index (χ4v) is 1.22. The summed E-state index contributed by atoms with van der Waals surface area (Å²) in [5.41, 5.74) is -1.12. The molecular weight excluding hydrogens is 289 g/mol. The third kappa shape index (κ3) is 3.46. The van der Waals surface area contributed by atoms with E-state index in [0.717, 1.165) is 0 Å². The van der Waals surface area contributed by atoms with Gasteiger partial charge in [-0.15, -0.1) is 13.2 Å². The van der Waals surface area contributed by atoms with Crippen molar-refractivity contribution in [2.45, 2.75) is 13.3 Å². The second-order valence-corrected chi connectivity index (χ2v) is 3.20. The van der Waals surface area contributed by atoms with Crippen LogP contribution in [0.15, 0.2) is 6.20 Å². The van der Waals surface area contributed by atoms with Crippen LogP contribution in [0.4, 0.5) is 19.0 Å². The van der Waals surface area contributed by atoms with Crippen LogP contribution in [-0.2, 0) is 4.74 Å². The lowest BCUT2D eigenvalue weighted by Crippen LogP contribution is -2.21. The lowest BCUT2D eigenvalue weighted by Gasteiger charge is -2.12. The predicted molar refractivity (Wildman–Crippen MR) is 55.2 cm³/mol. The first-order chi connectivity index (χ1) is 9.17. The molecule has 1 aromatic rings. The first kappa shape index (κ1) is 15.5. The second-order valence-electron chi connectivity index (χ2n) is 3.20. The maximum absolute atomic E-state index is 12.2. The first-order valence-corrected chi connectivity index (χ1v) is 4.96. The summed E-state index contributed by atoms with van der Waals surface area (Å²) in [4.78, 5) is 23.8. The third-order valence-electron chi connectivity index (χ3n) is 1.87. The summed E-state index contributed by atoms with van der Waals surface area (Å²) in [6.07, 6.45) is -4.87. The van der Waals surface area contributed by atoms with Crippen LogP contribution in [0, 0.1) is 10.1 Å². The Morgan fingerprint density at radius 1 is 1.55 bits per heavy atom. The van der Waals surface area contributed by atoms with E-state index in [0.29, 0.717) is 6.20 Å². The summed E-state index contributed by atoms with van der Waals surface area (Å²) < 4.78 is 44.5. The van der Waals surface area contributed by atoms with E-state index in [1.54, 1.807) is 0 Å². The van der Waals surface area contributed by atoms with Gasteiger partial charge in [-0.3, -0.25) is 0 Å². The number of halogens is 3. The molecule has 0 bridgehead atoms. The van der Waals surface area contributed by atoms with Gasteiger partial charge >= 0.3 is 18.1 Å². The third-order valence-corrected chi connectivity index (χ3v) is 1.87. The number of pyridine rings is 1. The van der Waals surface area contributed by atoms with E-state index in [1.807, 2.05) is 0 Å². The number of nitrogens with zero attached hydrogens (tertiary/aromatic N) is 2. The van der Waals surface area contributed by atoms with Gasteiger partial charge in [0.1, 0.15) is 0 Å². The molecule has 11 heteroatoms. The van der Waals surface area contributed by atoms with Crippen LogP contribution < -0.4 is 4.74 Å². The zero-order valence-corrected chi connectivity index (χ0v) is 9.80. The molecule has 0 aliphatic carbocycles. The molecule has 0 aliphatic heterocycles. The number of rotatable bonds is 4. The Morgan fingerprint density at radius 2 is 2.15 bits per heavy atom. The lowest BCUT2D eigenvalue weighted by atomic mass is 10.2. The molecule has 0 aliphatic rings. The van der Waals surface area contributed by atoms with Crippen molar-refractivity contribution in [2.75, 3.05) is 6.61 Å². The molecule has 1 N–H and O–H groups in total. The molecule has 1 rings (SSSR count). The van der Waals surface area contributed by atoms with Gasteiger partial charge in [-0.05, 0) is 16.8 Å². The van der Waals surface area contributed by atoms with Gasteiger partial charge in [0.15, 0.2) is 17.5 Å². The van der Waals surface area contributed by atoms with Gasteiger partial charge in [0.05, 0.1) is 6.61 Å². The van der Waals surface area contributed by atoms with Gasteiger partial charge < -0.3 is 24.7 Å². The van der Waals surface area contributed by atoms with Gasteiger partial charge in [-0.2, -0.15) is 0 Å². The average Bonchev–Trinajstić information content (AvgIpc) is 2.26. The van der Waals surface area contributed by atoms with E-state index in [9.17, 15) is 33.2 Å². The second kappa shape index (κ2) is 5.59. The molecule has 1 heterocycles. The van der Waals surface area contributed by atoms with Crippen molar-refractivity contribution in [1.82, 2.24) is 4.98 Å². The normalized spacial score (nSPS) is 11.0. The van der Waals surface area contributed by atoms with E-state index in [1.165, 1.54) is 6.92 Å². The van der Waals surface area contributed by atoms with E-state index in [2.05, 4.69) is 14.5 Å². The van der Waals surface area contributed by atoms with Crippen LogP contribution in [0.5, 0.6) is 11.5 Å². The molecule has 0 unspecified atom stereocenters. The highest BCUT2D eigenvalue weighted by atomic mass is 19.4. The van der Waals surface area contributed by atoms with Crippen molar-refractivity contribution in [2.24, 2.45) is 0 Å². The number of esters is 1. The fourth-order valence-electron chi connectivity index (χ4n) is 1.22. The Balaban J connectivity index is 3.49. The number of aromatic nitrogens is 1. The largest absolute Gasteiger partial charge is 0.573 e. The topological polar surface area (TPSA) is 112 Å². The fraction of sp³-hybridized carbons (Fsp3) is 0.333. The minimum Gasteiger partial charge on any atom is -0.504 e. The quantitative estimate of drug-likeness (QED) is 0.512. The van der Waals surface area contributed by atoms with Crippen molar-refractivity contribution in [3.05, 3.63) is 21.9 Å². The summed E-state index contributed by atoms with van der Waals surface area (Å²) >= 11 is 0. The number of carbonyl (C=O) groups is 1. The molecule has 0 radical (unpaired) electrons. The van der Waals surface area contributed by atoms with Crippen molar-refractivity contribution < 1.29 is 37.5 Å². The Bertz CT molecular complexity index is 545. The molecule has 20 heavy (non-hydrogen) atoms. The van der Waals surface area contributed by atoms with Crippen molar-refractivity contribution in [3.8, 4) is 11.5 Å². The predicted octanol–water partition coefficient (Wildman–Crippen LogP) is 1.77. The maximum atomic E-state index is 12.2. The summed E-state index contributed by atoms with van der Waals surface area (Å²) in [7, 11) is 0. The van der Waals surface area contributed by atoms with Crippen molar-refractivity contribution in [1.29, 1.82) is 0 Å². The highest BCUT2D eigenvalue weighted by Crippen LogP contribution is 2.38.